The minimum atomic E-state index is 0.258. The number of nitrogens with one attached hydrogen (secondary N) is 1. The van der Waals surface area contributed by atoms with E-state index in [9.17, 15) is 5.11 Å². The van der Waals surface area contributed by atoms with Crippen LogP contribution in [0.1, 0.15) is 44.2 Å². The van der Waals surface area contributed by atoms with Gasteiger partial charge in [0.15, 0.2) is 0 Å². The van der Waals surface area contributed by atoms with Crippen molar-refractivity contribution in [2.45, 2.75) is 50.6 Å². The number of phenols is 1. The lowest BCUT2D eigenvalue weighted by Crippen LogP contribution is -2.58. The fraction of sp³-hybridized carbons (Fsp3) is 0.550. The highest BCUT2D eigenvalue weighted by atomic mass is 16.3. The average Bonchev–Trinajstić information content (AvgIpc) is 3.01. The number of benzene rings is 1. The molecule has 0 unspecified atom stereocenters. The van der Waals surface area contributed by atoms with Crippen molar-refractivity contribution in [3.05, 3.63) is 36.2 Å². The van der Waals surface area contributed by atoms with Crippen LogP contribution in [0.4, 0.5) is 0 Å². The third-order valence-electron chi connectivity index (χ3n) is 6.35. The summed E-state index contributed by atoms with van der Waals surface area (Å²) in [4.78, 5) is 4.62. The molecule has 1 aromatic heterocycles. The van der Waals surface area contributed by atoms with Crippen molar-refractivity contribution in [2.75, 3.05) is 0 Å². The Bertz CT molecular complexity index is 699. The molecule has 2 N–H and O–H groups in total. The molecule has 0 spiro atoms. The van der Waals surface area contributed by atoms with Gasteiger partial charge < -0.3 is 14.8 Å². The number of aromatic hydroxyl groups is 1. The molecule has 4 nitrogen and oxygen atoms in total. The van der Waals surface area contributed by atoms with Gasteiger partial charge in [-0.3, -0.25) is 0 Å². The molecule has 0 radical (unpaired) electrons. The van der Waals surface area contributed by atoms with Crippen molar-refractivity contribution in [3.8, 4) is 17.2 Å². The Kier molecular flexibility index (Phi) is 3.24. The van der Waals surface area contributed by atoms with E-state index in [4.69, 9.17) is 4.42 Å². The molecule has 4 heteroatoms. The quantitative estimate of drug-likeness (QED) is 0.889. The summed E-state index contributed by atoms with van der Waals surface area (Å²) in [6, 6.07) is 6.98. The fourth-order valence-corrected chi connectivity index (χ4v) is 5.73. The fourth-order valence-electron chi connectivity index (χ4n) is 5.73. The molecule has 6 rings (SSSR count). The summed E-state index contributed by atoms with van der Waals surface area (Å²) in [7, 11) is 0. The highest BCUT2D eigenvalue weighted by Gasteiger charge is 2.50. The number of oxazole rings is 1. The van der Waals surface area contributed by atoms with Gasteiger partial charge >= 0.3 is 0 Å². The van der Waals surface area contributed by atoms with Gasteiger partial charge in [0.1, 0.15) is 12.0 Å². The Labute approximate surface area is 142 Å². The molecule has 4 aliphatic rings. The van der Waals surface area contributed by atoms with Gasteiger partial charge in [-0.05, 0) is 80.5 Å². The average molecular weight is 324 g/mol. The van der Waals surface area contributed by atoms with Crippen molar-refractivity contribution in [3.63, 3.8) is 0 Å². The van der Waals surface area contributed by atoms with Gasteiger partial charge in [0.05, 0.1) is 5.69 Å². The molecule has 0 amide bonds. The van der Waals surface area contributed by atoms with E-state index < -0.39 is 0 Å². The van der Waals surface area contributed by atoms with Crippen molar-refractivity contribution >= 4 is 0 Å². The van der Waals surface area contributed by atoms with Crippen LogP contribution in [0.3, 0.4) is 0 Å². The first-order valence-electron chi connectivity index (χ1n) is 9.16. The first-order valence-corrected chi connectivity index (χ1v) is 9.16. The molecule has 0 aliphatic heterocycles. The van der Waals surface area contributed by atoms with E-state index in [1.54, 1.807) is 18.4 Å². The molecule has 24 heavy (non-hydrogen) atoms. The summed E-state index contributed by atoms with van der Waals surface area (Å²) in [6.45, 7) is 0.785. The van der Waals surface area contributed by atoms with Gasteiger partial charge in [-0.25, -0.2) is 4.98 Å². The molecule has 0 saturated heterocycles. The lowest BCUT2D eigenvalue weighted by Gasteiger charge is -2.57. The van der Waals surface area contributed by atoms with E-state index in [1.807, 2.05) is 12.1 Å². The van der Waals surface area contributed by atoms with Crippen LogP contribution in [-0.2, 0) is 6.54 Å². The van der Waals surface area contributed by atoms with Gasteiger partial charge in [-0.2, -0.15) is 0 Å². The van der Waals surface area contributed by atoms with Gasteiger partial charge in [-0.15, -0.1) is 0 Å². The maximum Gasteiger partial charge on any atom is 0.226 e. The van der Waals surface area contributed by atoms with E-state index in [0.717, 1.165) is 35.6 Å². The predicted octanol–water partition coefficient (Wildman–Crippen LogP) is 4.11. The Morgan fingerprint density at radius 2 is 1.67 bits per heavy atom. The smallest absolute Gasteiger partial charge is 0.226 e. The molecule has 1 aromatic carbocycles. The number of nitrogens with zero attached hydrogens (tertiary/aromatic N) is 1. The Morgan fingerprint density at radius 1 is 1.04 bits per heavy atom. The summed E-state index contributed by atoms with van der Waals surface area (Å²) < 4.78 is 5.63. The van der Waals surface area contributed by atoms with Crippen LogP contribution in [0, 0.1) is 17.8 Å². The lowest BCUT2D eigenvalue weighted by molar-refractivity contribution is -0.0207. The molecule has 4 fully saturated rings. The van der Waals surface area contributed by atoms with Crippen LogP contribution in [0.15, 0.2) is 34.9 Å². The molecule has 126 valence electrons. The van der Waals surface area contributed by atoms with Crippen LogP contribution in [-0.4, -0.2) is 15.6 Å². The second-order valence-corrected chi connectivity index (χ2v) is 8.24. The third kappa shape index (κ3) is 2.53. The summed E-state index contributed by atoms with van der Waals surface area (Å²) in [5, 5.41) is 13.2. The van der Waals surface area contributed by atoms with E-state index in [-0.39, 0.29) is 5.75 Å². The minimum absolute atomic E-state index is 0.258. The minimum Gasteiger partial charge on any atom is -0.508 e. The van der Waals surface area contributed by atoms with Crippen molar-refractivity contribution in [1.29, 1.82) is 0 Å². The zero-order valence-electron chi connectivity index (χ0n) is 13.9. The summed E-state index contributed by atoms with van der Waals surface area (Å²) in [5.41, 5.74) is 2.22. The highest BCUT2D eigenvalue weighted by molar-refractivity contribution is 5.54. The monoisotopic (exact) mass is 324 g/mol. The van der Waals surface area contributed by atoms with Gasteiger partial charge in [-0.1, -0.05) is 0 Å². The Balaban J connectivity index is 1.28. The third-order valence-corrected chi connectivity index (χ3v) is 6.35. The summed E-state index contributed by atoms with van der Waals surface area (Å²) in [6.07, 6.45) is 10.2. The largest absolute Gasteiger partial charge is 0.508 e. The molecule has 2 aromatic rings. The van der Waals surface area contributed by atoms with Crippen LogP contribution in [0.2, 0.25) is 0 Å². The zero-order chi connectivity index (χ0) is 16.1. The predicted molar refractivity (Wildman–Crippen MR) is 91.3 cm³/mol. The van der Waals surface area contributed by atoms with Crippen LogP contribution in [0.5, 0.6) is 5.75 Å². The van der Waals surface area contributed by atoms with Crippen LogP contribution in [0.25, 0.3) is 11.5 Å². The van der Waals surface area contributed by atoms with Crippen LogP contribution >= 0.6 is 0 Å². The van der Waals surface area contributed by atoms with Gasteiger partial charge in [0.25, 0.3) is 0 Å². The van der Waals surface area contributed by atoms with Gasteiger partial charge in [0.2, 0.25) is 5.89 Å². The number of aromatic nitrogens is 1. The number of hydrogen-bond acceptors (Lipinski definition) is 4. The molecule has 1 heterocycles. The maximum absolute atomic E-state index is 9.38. The van der Waals surface area contributed by atoms with Gasteiger partial charge in [0, 0.05) is 17.6 Å². The highest BCUT2D eigenvalue weighted by Crippen LogP contribution is 2.55. The first kappa shape index (κ1) is 14.5. The van der Waals surface area contributed by atoms with E-state index >= 15 is 0 Å². The van der Waals surface area contributed by atoms with E-state index in [0.29, 0.717) is 11.4 Å². The number of rotatable bonds is 4. The molecule has 0 atom stereocenters. The maximum atomic E-state index is 9.38. The number of phenolic OH excluding ortho intramolecular Hbond substituents is 1. The van der Waals surface area contributed by atoms with Crippen LogP contribution < -0.4 is 5.32 Å². The SMILES string of the molecule is Oc1ccc(-c2nc(CNC34CC5CC(CC(C5)C3)C4)co2)cc1. The lowest BCUT2D eigenvalue weighted by atomic mass is 9.53. The van der Waals surface area contributed by atoms with E-state index in [1.165, 1.54) is 38.5 Å². The Hall–Kier alpha value is -1.81. The second-order valence-electron chi connectivity index (χ2n) is 8.24. The Morgan fingerprint density at radius 3 is 2.29 bits per heavy atom. The topological polar surface area (TPSA) is 58.3 Å². The van der Waals surface area contributed by atoms with E-state index in [2.05, 4.69) is 10.3 Å². The molecule has 4 saturated carbocycles. The normalized spacial score (nSPS) is 33.9. The zero-order valence-corrected chi connectivity index (χ0v) is 13.9. The summed E-state index contributed by atoms with van der Waals surface area (Å²) in [5.74, 6) is 3.74. The molecule has 4 aliphatic carbocycles. The summed E-state index contributed by atoms with van der Waals surface area (Å²) >= 11 is 0. The number of hydrogen-bond donors (Lipinski definition) is 2. The van der Waals surface area contributed by atoms with Crippen molar-refractivity contribution < 1.29 is 9.52 Å². The molecular formula is C20H24N2O2. The van der Waals surface area contributed by atoms with Crippen molar-refractivity contribution in [2.24, 2.45) is 17.8 Å². The standard InChI is InChI=1S/C20H24N2O2/c23-18-3-1-16(2-4-18)19-22-17(12-24-19)11-21-20-8-13-5-14(9-20)7-15(6-13)10-20/h1-4,12-15,21,23H,5-11H2. The van der Waals surface area contributed by atoms with Crippen molar-refractivity contribution in [1.82, 2.24) is 10.3 Å². The molecule has 4 bridgehead atoms. The first-order chi connectivity index (χ1) is 11.7. The molecular weight excluding hydrogens is 300 g/mol. The second kappa shape index (κ2) is 5.35.